The molecule has 1 aromatic rings. The highest BCUT2D eigenvalue weighted by Gasteiger charge is 2.35. The molecule has 0 fully saturated rings. The van der Waals surface area contributed by atoms with Crippen LogP contribution in [0.4, 0.5) is 5.69 Å². The summed E-state index contributed by atoms with van der Waals surface area (Å²) < 4.78 is 9.53. The van der Waals surface area contributed by atoms with Crippen LogP contribution in [0.3, 0.4) is 0 Å². The van der Waals surface area contributed by atoms with Crippen LogP contribution >= 0.6 is 0 Å². The van der Waals surface area contributed by atoms with Crippen LogP contribution in [0.25, 0.3) is 0 Å². The third kappa shape index (κ3) is 1.83. The summed E-state index contributed by atoms with van der Waals surface area (Å²) in [5.74, 6) is -1.30. The average molecular weight is 252 g/mol. The maximum absolute atomic E-state index is 11.4. The molecule has 1 amide bonds. The number of carbonyl (C=O) groups excluding carboxylic acids is 2. The standard InChI is InChI=1S/C10H8N2O6/c1-17-10(14)6-2-3-8-7(4-6)11(12(15)16)9(13)5-18-8/h2-4H,5H2,1H3. The lowest BCUT2D eigenvalue weighted by Gasteiger charge is -2.21. The van der Waals surface area contributed by atoms with Gasteiger partial charge in [0.15, 0.2) is 17.3 Å². The van der Waals surface area contributed by atoms with Gasteiger partial charge in [-0.15, -0.1) is 0 Å². The van der Waals surface area contributed by atoms with Gasteiger partial charge in [-0.05, 0) is 23.2 Å². The summed E-state index contributed by atoms with van der Waals surface area (Å²) in [6.45, 7) is -0.411. The normalized spacial score (nSPS) is 13.6. The van der Waals surface area contributed by atoms with Crippen LogP contribution in [0.5, 0.6) is 5.75 Å². The largest absolute Gasteiger partial charge is 0.481 e. The van der Waals surface area contributed by atoms with E-state index in [1.165, 1.54) is 25.3 Å². The average Bonchev–Trinajstić information content (AvgIpc) is 2.36. The van der Waals surface area contributed by atoms with Gasteiger partial charge in [-0.1, -0.05) is 0 Å². The molecule has 0 saturated carbocycles. The van der Waals surface area contributed by atoms with Crippen molar-refractivity contribution in [3.05, 3.63) is 33.9 Å². The van der Waals surface area contributed by atoms with E-state index in [-0.39, 0.29) is 17.0 Å². The highest BCUT2D eigenvalue weighted by molar-refractivity contribution is 5.98. The Morgan fingerprint density at radius 2 is 2.28 bits per heavy atom. The topological polar surface area (TPSA) is 99.0 Å². The Kier molecular flexibility index (Phi) is 2.84. The van der Waals surface area contributed by atoms with Crippen LogP contribution in [0.2, 0.25) is 0 Å². The van der Waals surface area contributed by atoms with Crippen molar-refractivity contribution >= 4 is 17.6 Å². The van der Waals surface area contributed by atoms with Gasteiger partial charge < -0.3 is 9.47 Å². The fraction of sp³-hybridized carbons (Fsp3) is 0.200. The van der Waals surface area contributed by atoms with Crippen molar-refractivity contribution in [3.63, 3.8) is 0 Å². The van der Waals surface area contributed by atoms with Gasteiger partial charge in [0.2, 0.25) is 0 Å². The van der Waals surface area contributed by atoms with E-state index in [9.17, 15) is 19.7 Å². The van der Waals surface area contributed by atoms with Crippen LogP contribution in [-0.4, -0.2) is 30.6 Å². The van der Waals surface area contributed by atoms with E-state index in [2.05, 4.69) is 4.74 Å². The third-order valence-corrected chi connectivity index (χ3v) is 2.36. The number of carbonyl (C=O) groups is 2. The van der Waals surface area contributed by atoms with Gasteiger partial charge in [-0.25, -0.2) is 14.9 Å². The fourth-order valence-electron chi connectivity index (χ4n) is 1.56. The number of hydrogen-bond donors (Lipinski definition) is 0. The molecule has 0 saturated heterocycles. The van der Waals surface area contributed by atoms with Crippen LogP contribution in [0, 0.1) is 10.1 Å². The number of hydrogen-bond acceptors (Lipinski definition) is 6. The Labute approximate surface area is 101 Å². The number of amides is 1. The summed E-state index contributed by atoms with van der Waals surface area (Å²) in [5, 5.41) is 10.3. The number of hydrazine groups is 1. The molecule has 0 unspecified atom stereocenters. The van der Waals surface area contributed by atoms with E-state index in [1.807, 2.05) is 0 Å². The lowest BCUT2D eigenvalue weighted by Crippen LogP contribution is -2.42. The maximum atomic E-state index is 11.4. The second kappa shape index (κ2) is 4.32. The number of fused-ring (bicyclic) bond motifs is 1. The number of esters is 1. The molecule has 94 valence electrons. The van der Waals surface area contributed by atoms with Gasteiger partial charge in [-0.3, -0.25) is 4.79 Å². The number of nitro groups is 1. The first-order chi connectivity index (χ1) is 8.54. The summed E-state index contributed by atoms with van der Waals surface area (Å²) in [6, 6.07) is 3.96. The van der Waals surface area contributed by atoms with Gasteiger partial charge >= 0.3 is 11.9 Å². The van der Waals surface area contributed by atoms with Crippen molar-refractivity contribution < 1.29 is 24.1 Å². The Morgan fingerprint density at radius 1 is 1.56 bits per heavy atom. The molecule has 0 bridgehead atoms. The molecule has 8 nitrogen and oxygen atoms in total. The number of anilines is 1. The second-order valence-corrected chi connectivity index (χ2v) is 3.41. The van der Waals surface area contributed by atoms with Gasteiger partial charge in [-0.2, -0.15) is 0 Å². The van der Waals surface area contributed by atoms with E-state index >= 15 is 0 Å². The predicted molar refractivity (Wildman–Crippen MR) is 57.8 cm³/mol. The Bertz CT molecular complexity index is 541. The SMILES string of the molecule is COC(=O)c1ccc2c(c1)N([N+](=O)[O-])C(=O)CO2. The molecule has 0 spiro atoms. The Hall–Kier alpha value is -2.64. The van der Waals surface area contributed by atoms with Gasteiger partial charge in [0.05, 0.1) is 12.7 Å². The second-order valence-electron chi connectivity index (χ2n) is 3.41. The van der Waals surface area contributed by atoms with Gasteiger partial charge in [0, 0.05) is 0 Å². The van der Waals surface area contributed by atoms with Gasteiger partial charge in [0.1, 0.15) is 5.75 Å². The van der Waals surface area contributed by atoms with Gasteiger partial charge in [0.25, 0.3) is 0 Å². The fourth-order valence-corrected chi connectivity index (χ4v) is 1.56. The quantitative estimate of drug-likeness (QED) is 0.429. The molecule has 18 heavy (non-hydrogen) atoms. The minimum atomic E-state index is -0.856. The molecule has 2 rings (SSSR count). The molecule has 1 aliphatic rings. The molecule has 0 radical (unpaired) electrons. The third-order valence-electron chi connectivity index (χ3n) is 2.36. The number of benzene rings is 1. The van der Waals surface area contributed by atoms with Crippen LogP contribution in [0.15, 0.2) is 18.2 Å². The maximum Gasteiger partial charge on any atom is 0.337 e. The number of ether oxygens (including phenoxy) is 2. The molecule has 0 aliphatic carbocycles. The number of methoxy groups -OCH3 is 1. The molecule has 8 heteroatoms. The van der Waals surface area contributed by atoms with E-state index in [0.29, 0.717) is 5.01 Å². The molecule has 1 aliphatic heterocycles. The van der Waals surface area contributed by atoms with Crippen LogP contribution < -0.4 is 9.75 Å². The van der Waals surface area contributed by atoms with Crippen molar-refractivity contribution in [2.24, 2.45) is 0 Å². The minimum Gasteiger partial charge on any atom is -0.481 e. The Balaban J connectivity index is 2.51. The lowest BCUT2D eigenvalue weighted by atomic mass is 10.1. The number of rotatable bonds is 2. The predicted octanol–water partition coefficient (Wildman–Crippen LogP) is 0.390. The zero-order valence-corrected chi connectivity index (χ0v) is 9.28. The van der Waals surface area contributed by atoms with Crippen molar-refractivity contribution in [3.8, 4) is 5.75 Å². The van der Waals surface area contributed by atoms with Crippen molar-refractivity contribution in [2.45, 2.75) is 0 Å². The molecular formula is C10H8N2O6. The summed E-state index contributed by atoms with van der Waals surface area (Å²) in [5.41, 5.74) is 0.0144. The van der Waals surface area contributed by atoms with Crippen molar-refractivity contribution in [2.75, 3.05) is 18.7 Å². The first-order valence-corrected chi connectivity index (χ1v) is 4.87. The monoisotopic (exact) mass is 252 g/mol. The highest BCUT2D eigenvalue weighted by Crippen LogP contribution is 2.33. The lowest BCUT2D eigenvalue weighted by molar-refractivity contribution is -0.484. The molecule has 0 N–H and O–H groups in total. The first-order valence-electron chi connectivity index (χ1n) is 4.87. The summed E-state index contributed by atoms with van der Waals surface area (Å²) in [6.07, 6.45) is 0. The minimum absolute atomic E-state index is 0.0841. The smallest absolute Gasteiger partial charge is 0.337 e. The summed E-state index contributed by atoms with van der Waals surface area (Å²) in [7, 11) is 1.19. The van der Waals surface area contributed by atoms with Crippen LogP contribution in [-0.2, 0) is 9.53 Å². The van der Waals surface area contributed by atoms with E-state index < -0.39 is 23.5 Å². The van der Waals surface area contributed by atoms with Crippen LogP contribution in [0.1, 0.15) is 10.4 Å². The van der Waals surface area contributed by atoms with Crippen molar-refractivity contribution in [1.82, 2.24) is 0 Å². The van der Waals surface area contributed by atoms with E-state index in [4.69, 9.17) is 4.74 Å². The molecular weight excluding hydrogens is 244 g/mol. The molecule has 1 heterocycles. The van der Waals surface area contributed by atoms with E-state index in [1.54, 1.807) is 0 Å². The highest BCUT2D eigenvalue weighted by atomic mass is 16.7. The van der Waals surface area contributed by atoms with E-state index in [0.717, 1.165) is 0 Å². The Morgan fingerprint density at radius 3 is 2.89 bits per heavy atom. The first kappa shape index (κ1) is 11.8. The summed E-state index contributed by atoms with van der Waals surface area (Å²) in [4.78, 5) is 33.5. The number of nitrogens with zero attached hydrogens (tertiary/aromatic N) is 2. The molecule has 1 aromatic carbocycles. The van der Waals surface area contributed by atoms with Crippen molar-refractivity contribution in [1.29, 1.82) is 0 Å². The zero-order chi connectivity index (χ0) is 13.3. The zero-order valence-electron chi connectivity index (χ0n) is 9.28. The molecule has 0 atom stereocenters. The summed E-state index contributed by atoms with van der Waals surface area (Å²) >= 11 is 0. The molecule has 0 aromatic heterocycles.